The summed E-state index contributed by atoms with van der Waals surface area (Å²) >= 11 is 5.85. The van der Waals surface area contributed by atoms with Crippen molar-refractivity contribution in [2.75, 3.05) is 33.4 Å². The highest BCUT2D eigenvalue weighted by molar-refractivity contribution is 6.30. The Morgan fingerprint density at radius 1 is 1.19 bits per heavy atom. The van der Waals surface area contributed by atoms with Crippen LogP contribution >= 0.6 is 11.6 Å². The van der Waals surface area contributed by atoms with Crippen LogP contribution in [0.15, 0.2) is 30.3 Å². The lowest BCUT2D eigenvalue weighted by Crippen LogP contribution is -2.33. The van der Waals surface area contributed by atoms with Crippen molar-refractivity contribution in [3.05, 3.63) is 52.0 Å². The van der Waals surface area contributed by atoms with Gasteiger partial charge in [0.05, 0.1) is 13.2 Å². The fourth-order valence-electron chi connectivity index (χ4n) is 3.54. The summed E-state index contributed by atoms with van der Waals surface area (Å²) in [5.41, 5.74) is 3.63. The van der Waals surface area contributed by atoms with E-state index in [1.807, 2.05) is 0 Å². The van der Waals surface area contributed by atoms with Gasteiger partial charge in [-0.15, -0.1) is 0 Å². The van der Waals surface area contributed by atoms with Gasteiger partial charge in [-0.1, -0.05) is 11.6 Å². The van der Waals surface area contributed by atoms with Gasteiger partial charge in [0.1, 0.15) is 17.2 Å². The average Bonchev–Trinajstić information content (AvgIpc) is 3.33. The van der Waals surface area contributed by atoms with Gasteiger partial charge in [0.2, 0.25) is 0 Å². The summed E-state index contributed by atoms with van der Waals surface area (Å²) in [5, 5.41) is 0.639. The Balaban J connectivity index is 1.37. The number of hydrogen-bond donors (Lipinski definition) is 0. The number of ether oxygens (including phenoxy) is 3. The normalized spacial score (nSPS) is 14.1. The minimum Gasteiger partial charge on any atom is -0.493 e. The van der Waals surface area contributed by atoms with Crippen LogP contribution in [-0.2, 0) is 24.1 Å². The standard InChI is InChI=1S/C21H22ClNO4/c1-23(20(24)13-27-16-4-2-15(22)3-5-16)9-6-18-17-8-11-25-19(17)12-14-7-10-26-21(14)18/h2-5,12H,6-11,13H2,1H3. The van der Waals surface area contributed by atoms with Crippen LogP contribution < -0.4 is 14.2 Å². The zero-order valence-electron chi connectivity index (χ0n) is 15.3. The molecule has 0 unspecified atom stereocenters. The maximum Gasteiger partial charge on any atom is 0.260 e. The topological polar surface area (TPSA) is 48.0 Å². The first-order valence-electron chi connectivity index (χ1n) is 9.17. The maximum atomic E-state index is 12.4. The van der Waals surface area contributed by atoms with E-state index in [0.29, 0.717) is 17.3 Å². The molecule has 0 spiro atoms. The second-order valence-electron chi connectivity index (χ2n) is 6.82. The number of amides is 1. The van der Waals surface area contributed by atoms with Crippen molar-refractivity contribution in [2.45, 2.75) is 19.3 Å². The monoisotopic (exact) mass is 387 g/mol. The molecule has 0 fully saturated rings. The lowest BCUT2D eigenvalue weighted by Gasteiger charge is -2.19. The van der Waals surface area contributed by atoms with E-state index >= 15 is 0 Å². The molecule has 27 heavy (non-hydrogen) atoms. The van der Waals surface area contributed by atoms with Crippen LogP contribution in [0.25, 0.3) is 0 Å². The van der Waals surface area contributed by atoms with Crippen molar-refractivity contribution in [3.63, 3.8) is 0 Å². The van der Waals surface area contributed by atoms with Gasteiger partial charge in [-0.3, -0.25) is 4.79 Å². The Morgan fingerprint density at radius 2 is 1.96 bits per heavy atom. The molecule has 0 saturated heterocycles. The average molecular weight is 388 g/mol. The molecule has 6 heteroatoms. The van der Waals surface area contributed by atoms with Gasteiger partial charge < -0.3 is 19.1 Å². The van der Waals surface area contributed by atoms with Crippen LogP contribution in [0, 0.1) is 0 Å². The minimum atomic E-state index is -0.0636. The number of carbonyl (C=O) groups is 1. The number of likely N-dealkylation sites (N-methyl/N-ethyl adjacent to an activating group) is 1. The number of rotatable bonds is 6. The van der Waals surface area contributed by atoms with Gasteiger partial charge in [-0.05, 0) is 36.8 Å². The predicted molar refractivity (Wildman–Crippen MR) is 103 cm³/mol. The Labute approximate surface area is 163 Å². The van der Waals surface area contributed by atoms with Crippen LogP contribution in [0.2, 0.25) is 5.02 Å². The van der Waals surface area contributed by atoms with Gasteiger partial charge >= 0.3 is 0 Å². The molecule has 2 heterocycles. The van der Waals surface area contributed by atoms with Crippen LogP contribution in [0.3, 0.4) is 0 Å². The fourth-order valence-corrected chi connectivity index (χ4v) is 3.67. The van der Waals surface area contributed by atoms with Gasteiger partial charge in [0.25, 0.3) is 5.91 Å². The lowest BCUT2D eigenvalue weighted by molar-refractivity contribution is -0.132. The van der Waals surface area contributed by atoms with E-state index in [0.717, 1.165) is 44.0 Å². The van der Waals surface area contributed by atoms with Crippen LogP contribution in [0.5, 0.6) is 17.2 Å². The van der Waals surface area contributed by atoms with Gasteiger partial charge in [-0.2, -0.15) is 0 Å². The highest BCUT2D eigenvalue weighted by Gasteiger charge is 2.26. The van der Waals surface area contributed by atoms with Crippen molar-refractivity contribution >= 4 is 17.5 Å². The molecule has 2 aliphatic rings. The van der Waals surface area contributed by atoms with E-state index in [9.17, 15) is 4.79 Å². The number of hydrogen-bond acceptors (Lipinski definition) is 4. The van der Waals surface area contributed by atoms with Gasteiger partial charge in [0, 0.05) is 48.1 Å². The molecule has 0 atom stereocenters. The number of benzene rings is 2. The highest BCUT2D eigenvalue weighted by atomic mass is 35.5. The summed E-state index contributed by atoms with van der Waals surface area (Å²) in [6.07, 6.45) is 2.57. The molecule has 2 aromatic carbocycles. The maximum absolute atomic E-state index is 12.4. The van der Waals surface area contributed by atoms with E-state index in [-0.39, 0.29) is 12.5 Å². The van der Waals surface area contributed by atoms with Crippen molar-refractivity contribution in [1.29, 1.82) is 0 Å². The number of nitrogens with zero attached hydrogens (tertiary/aromatic N) is 1. The molecule has 0 saturated carbocycles. The molecule has 2 aliphatic heterocycles. The van der Waals surface area contributed by atoms with Crippen molar-refractivity contribution in [3.8, 4) is 17.2 Å². The number of fused-ring (bicyclic) bond motifs is 2. The van der Waals surface area contributed by atoms with Crippen LogP contribution in [0.1, 0.15) is 16.7 Å². The number of halogens is 1. The molecule has 0 aromatic heterocycles. The molecule has 0 bridgehead atoms. The Kier molecular flexibility index (Phi) is 5.12. The third-order valence-corrected chi connectivity index (χ3v) is 5.31. The van der Waals surface area contributed by atoms with E-state index in [1.54, 1.807) is 36.2 Å². The van der Waals surface area contributed by atoms with Gasteiger partial charge in [-0.25, -0.2) is 0 Å². The zero-order valence-corrected chi connectivity index (χ0v) is 16.1. The van der Waals surface area contributed by atoms with E-state index in [4.69, 9.17) is 25.8 Å². The van der Waals surface area contributed by atoms with E-state index in [1.165, 1.54) is 16.7 Å². The molecule has 142 valence electrons. The summed E-state index contributed by atoms with van der Waals surface area (Å²) in [7, 11) is 1.80. The SMILES string of the molecule is CN(CCc1c2c(cc3c1OCC3)OCC2)C(=O)COc1ccc(Cl)cc1. The van der Waals surface area contributed by atoms with E-state index in [2.05, 4.69) is 6.07 Å². The summed E-state index contributed by atoms with van der Waals surface area (Å²) in [6.45, 7) is 2.04. The molecule has 2 aromatic rings. The molecule has 1 amide bonds. The first-order valence-corrected chi connectivity index (χ1v) is 9.55. The quantitative estimate of drug-likeness (QED) is 0.763. The molecule has 0 N–H and O–H groups in total. The van der Waals surface area contributed by atoms with Crippen LogP contribution in [0.4, 0.5) is 0 Å². The fraction of sp³-hybridized carbons (Fsp3) is 0.381. The zero-order chi connectivity index (χ0) is 18.8. The summed E-state index contributed by atoms with van der Waals surface area (Å²) in [5.74, 6) is 2.54. The molecular formula is C21H22ClNO4. The van der Waals surface area contributed by atoms with E-state index < -0.39 is 0 Å². The Bertz CT molecular complexity index is 818. The highest BCUT2D eigenvalue weighted by Crippen LogP contribution is 2.40. The van der Waals surface area contributed by atoms with Gasteiger partial charge in [0.15, 0.2) is 6.61 Å². The summed E-state index contributed by atoms with van der Waals surface area (Å²) in [6, 6.07) is 9.10. The van der Waals surface area contributed by atoms with Crippen molar-refractivity contribution in [1.82, 2.24) is 4.90 Å². The second kappa shape index (κ2) is 7.69. The third kappa shape index (κ3) is 3.83. The first kappa shape index (κ1) is 18.0. The third-order valence-electron chi connectivity index (χ3n) is 5.06. The molecule has 0 aliphatic carbocycles. The number of carbonyl (C=O) groups excluding carboxylic acids is 1. The molecule has 0 radical (unpaired) electrons. The van der Waals surface area contributed by atoms with Crippen molar-refractivity contribution in [2.24, 2.45) is 0 Å². The summed E-state index contributed by atoms with van der Waals surface area (Å²) in [4.78, 5) is 14.1. The molecule has 5 nitrogen and oxygen atoms in total. The molecule has 4 rings (SSSR count). The largest absolute Gasteiger partial charge is 0.493 e. The second-order valence-corrected chi connectivity index (χ2v) is 7.26. The van der Waals surface area contributed by atoms with Crippen LogP contribution in [-0.4, -0.2) is 44.2 Å². The lowest BCUT2D eigenvalue weighted by atomic mass is 9.97. The first-order chi connectivity index (χ1) is 13.1. The summed E-state index contributed by atoms with van der Waals surface area (Å²) < 4.78 is 17.2. The Morgan fingerprint density at radius 3 is 2.78 bits per heavy atom. The molecular weight excluding hydrogens is 366 g/mol. The Hall–Kier alpha value is -2.40. The smallest absolute Gasteiger partial charge is 0.260 e. The minimum absolute atomic E-state index is 0.00273. The predicted octanol–water partition coefficient (Wildman–Crippen LogP) is 3.29. The van der Waals surface area contributed by atoms with Crippen molar-refractivity contribution < 1.29 is 19.0 Å².